The average molecular weight is 427 g/mol. The summed E-state index contributed by atoms with van der Waals surface area (Å²) in [4.78, 5) is 23.2. The average Bonchev–Trinajstić information content (AvgIpc) is 2.60. The highest BCUT2D eigenvalue weighted by Crippen LogP contribution is 2.16. The van der Waals surface area contributed by atoms with E-state index in [1.807, 2.05) is 0 Å². The summed E-state index contributed by atoms with van der Waals surface area (Å²) in [6.45, 7) is -0.121. The first kappa shape index (κ1) is 19.1. The molecular weight excluding hydrogens is 413 g/mol. The molecule has 7 heteroatoms. The molecule has 4 nitrogen and oxygen atoms in total. The van der Waals surface area contributed by atoms with Gasteiger partial charge in [0.15, 0.2) is 6.61 Å². The molecule has 0 aliphatic carbocycles. The highest BCUT2D eigenvalue weighted by Gasteiger charge is 2.06. The van der Waals surface area contributed by atoms with E-state index < -0.39 is 24.3 Å². The molecule has 0 atom stereocenters. The SMILES string of the molecule is O=C(COC(=O)/C=C/c1cc(Br)ccc1F)NCc1ccc(Cl)cc1. The molecule has 0 unspecified atom stereocenters. The van der Waals surface area contributed by atoms with Crippen molar-refractivity contribution in [1.29, 1.82) is 0 Å². The number of rotatable bonds is 6. The Morgan fingerprint density at radius 1 is 1.20 bits per heavy atom. The van der Waals surface area contributed by atoms with Gasteiger partial charge in [-0.2, -0.15) is 0 Å². The Hall–Kier alpha value is -2.18. The van der Waals surface area contributed by atoms with Crippen LogP contribution in [-0.2, 0) is 20.9 Å². The maximum atomic E-state index is 13.5. The van der Waals surface area contributed by atoms with Crippen LogP contribution in [0.2, 0.25) is 5.02 Å². The lowest BCUT2D eigenvalue weighted by Crippen LogP contribution is -2.28. The quantitative estimate of drug-likeness (QED) is 0.558. The number of nitrogens with one attached hydrogen (secondary N) is 1. The second-order valence-corrected chi connectivity index (χ2v) is 6.36. The summed E-state index contributed by atoms with van der Waals surface area (Å²) in [6.07, 6.45) is 2.35. The van der Waals surface area contributed by atoms with Gasteiger partial charge in [0.1, 0.15) is 5.82 Å². The molecule has 0 bridgehead atoms. The van der Waals surface area contributed by atoms with Gasteiger partial charge in [-0.05, 0) is 42.0 Å². The van der Waals surface area contributed by atoms with E-state index in [9.17, 15) is 14.0 Å². The molecule has 25 heavy (non-hydrogen) atoms. The van der Waals surface area contributed by atoms with Crippen LogP contribution in [-0.4, -0.2) is 18.5 Å². The Morgan fingerprint density at radius 2 is 1.92 bits per heavy atom. The van der Waals surface area contributed by atoms with E-state index in [1.165, 1.54) is 18.2 Å². The highest BCUT2D eigenvalue weighted by molar-refractivity contribution is 9.10. The summed E-state index contributed by atoms with van der Waals surface area (Å²) in [5.74, 6) is -1.64. The van der Waals surface area contributed by atoms with Gasteiger partial charge in [-0.3, -0.25) is 4.79 Å². The topological polar surface area (TPSA) is 55.4 Å². The zero-order chi connectivity index (χ0) is 18.2. The first-order chi connectivity index (χ1) is 11.9. The zero-order valence-corrected chi connectivity index (χ0v) is 15.3. The van der Waals surface area contributed by atoms with Crippen molar-refractivity contribution < 1.29 is 18.7 Å². The van der Waals surface area contributed by atoms with Crippen molar-refractivity contribution >= 4 is 45.5 Å². The molecule has 0 aromatic heterocycles. The monoisotopic (exact) mass is 425 g/mol. The number of halogens is 3. The summed E-state index contributed by atoms with van der Waals surface area (Å²) in [5.41, 5.74) is 1.10. The second-order valence-electron chi connectivity index (χ2n) is 5.01. The van der Waals surface area contributed by atoms with Gasteiger partial charge in [-0.15, -0.1) is 0 Å². The van der Waals surface area contributed by atoms with E-state index in [-0.39, 0.29) is 5.56 Å². The van der Waals surface area contributed by atoms with Crippen molar-refractivity contribution in [2.45, 2.75) is 6.54 Å². The number of carbonyl (C=O) groups excluding carboxylic acids is 2. The molecule has 0 radical (unpaired) electrons. The maximum absolute atomic E-state index is 13.5. The van der Waals surface area contributed by atoms with Gasteiger partial charge < -0.3 is 10.1 Å². The van der Waals surface area contributed by atoms with Crippen LogP contribution in [0.4, 0.5) is 4.39 Å². The van der Waals surface area contributed by atoms with Gasteiger partial charge in [0.05, 0.1) is 0 Å². The van der Waals surface area contributed by atoms with Gasteiger partial charge in [-0.1, -0.05) is 39.7 Å². The molecule has 130 valence electrons. The molecule has 0 heterocycles. The molecule has 0 aliphatic heterocycles. The van der Waals surface area contributed by atoms with E-state index in [2.05, 4.69) is 21.2 Å². The molecule has 0 saturated heterocycles. The third kappa shape index (κ3) is 6.68. The number of hydrogen-bond acceptors (Lipinski definition) is 3. The summed E-state index contributed by atoms with van der Waals surface area (Å²) in [6, 6.07) is 11.4. The summed E-state index contributed by atoms with van der Waals surface area (Å²) >= 11 is 8.99. The van der Waals surface area contributed by atoms with E-state index >= 15 is 0 Å². The van der Waals surface area contributed by atoms with Gasteiger partial charge in [0.2, 0.25) is 0 Å². The maximum Gasteiger partial charge on any atom is 0.331 e. The van der Waals surface area contributed by atoms with Gasteiger partial charge in [0, 0.05) is 27.7 Å². The third-order valence-corrected chi connectivity index (χ3v) is 3.85. The molecular formula is C18H14BrClFNO3. The summed E-state index contributed by atoms with van der Waals surface area (Å²) in [7, 11) is 0. The Kier molecular flexibility index (Phi) is 7.16. The zero-order valence-electron chi connectivity index (χ0n) is 13.0. The van der Waals surface area contributed by atoms with Crippen LogP contribution in [0.15, 0.2) is 53.0 Å². The number of ether oxygens (including phenoxy) is 1. The first-order valence-corrected chi connectivity index (χ1v) is 8.42. The van der Waals surface area contributed by atoms with E-state index in [1.54, 1.807) is 30.3 Å². The van der Waals surface area contributed by atoms with Gasteiger partial charge in [-0.25, -0.2) is 9.18 Å². The molecule has 1 amide bonds. The molecule has 2 aromatic rings. The smallest absolute Gasteiger partial charge is 0.331 e. The summed E-state index contributed by atoms with van der Waals surface area (Å²) < 4.78 is 19.0. The number of benzene rings is 2. The van der Waals surface area contributed by atoms with Gasteiger partial charge >= 0.3 is 5.97 Å². The van der Waals surface area contributed by atoms with E-state index in [0.29, 0.717) is 16.0 Å². The van der Waals surface area contributed by atoms with Crippen LogP contribution in [0.1, 0.15) is 11.1 Å². The van der Waals surface area contributed by atoms with E-state index in [0.717, 1.165) is 11.6 Å². The van der Waals surface area contributed by atoms with E-state index in [4.69, 9.17) is 16.3 Å². The van der Waals surface area contributed by atoms with Crippen molar-refractivity contribution in [3.8, 4) is 0 Å². The lowest BCUT2D eigenvalue weighted by molar-refractivity contribution is -0.143. The third-order valence-electron chi connectivity index (χ3n) is 3.11. The van der Waals surface area contributed by atoms with Crippen molar-refractivity contribution in [3.63, 3.8) is 0 Å². The highest BCUT2D eigenvalue weighted by atomic mass is 79.9. The fraction of sp³-hybridized carbons (Fsp3) is 0.111. The standard InChI is InChI=1S/C18H14BrClFNO3/c19-14-4-7-16(21)13(9-14)3-8-18(24)25-11-17(23)22-10-12-1-5-15(20)6-2-12/h1-9H,10-11H2,(H,22,23)/b8-3+. The Morgan fingerprint density at radius 3 is 2.64 bits per heavy atom. The fourth-order valence-corrected chi connectivity index (χ4v) is 2.34. The minimum atomic E-state index is -0.735. The molecule has 0 aliphatic rings. The molecule has 1 N–H and O–H groups in total. The lowest BCUT2D eigenvalue weighted by atomic mass is 10.2. The van der Waals surface area contributed by atoms with Gasteiger partial charge in [0.25, 0.3) is 5.91 Å². The van der Waals surface area contributed by atoms with Crippen LogP contribution in [0.3, 0.4) is 0 Å². The van der Waals surface area contributed by atoms with Crippen LogP contribution < -0.4 is 5.32 Å². The fourth-order valence-electron chi connectivity index (χ4n) is 1.84. The molecule has 0 fully saturated rings. The van der Waals surface area contributed by atoms with Crippen molar-refractivity contribution in [2.75, 3.05) is 6.61 Å². The Bertz CT molecular complexity index is 793. The van der Waals surface area contributed by atoms with Crippen LogP contribution >= 0.6 is 27.5 Å². The molecule has 0 spiro atoms. The molecule has 2 rings (SSSR count). The normalized spacial score (nSPS) is 10.7. The number of esters is 1. The Balaban J connectivity index is 1.77. The summed E-state index contributed by atoms with van der Waals surface area (Å²) in [5, 5.41) is 3.22. The number of carbonyl (C=O) groups is 2. The van der Waals surface area contributed by atoms with Crippen molar-refractivity contribution in [2.24, 2.45) is 0 Å². The van der Waals surface area contributed by atoms with Crippen molar-refractivity contribution in [3.05, 3.63) is 75.0 Å². The minimum Gasteiger partial charge on any atom is -0.452 e. The van der Waals surface area contributed by atoms with Crippen molar-refractivity contribution in [1.82, 2.24) is 5.32 Å². The molecule has 0 saturated carbocycles. The lowest BCUT2D eigenvalue weighted by Gasteiger charge is -2.05. The minimum absolute atomic E-state index is 0.235. The van der Waals surface area contributed by atoms with Crippen LogP contribution in [0.25, 0.3) is 6.08 Å². The van der Waals surface area contributed by atoms with Crippen LogP contribution in [0.5, 0.6) is 0 Å². The predicted molar refractivity (Wildman–Crippen MR) is 97.4 cm³/mol. The first-order valence-electron chi connectivity index (χ1n) is 7.25. The largest absolute Gasteiger partial charge is 0.452 e. The predicted octanol–water partition coefficient (Wildman–Crippen LogP) is 4.11. The van der Waals surface area contributed by atoms with Crippen LogP contribution in [0, 0.1) is 5.82 Å². The second kappa shape index (κ2) is 9.34. The Labute approximate surface area is 157 Å². The number of hydrogen-bond donors (Lipinski definition) is 1. The number of amides is 1. The molecule has 2 aromatic carbocycles.